The van der Waals surface area contributed by atoms with Crippen molar-refractivity contribution in [1.29, 1.82) is 0 Å². The number of allylic oxidation sites excluding steroid dienone is 4. The minimum Gasteiger partial charge on any atom is -0.393 e. The Morgan fingerprint density at radius 1 is 1.33 bits per heavy atom. The second-order valence-corrected chi connectivity index (χ2v) is 8.07. The van der Waals surface area contributed by atoms with Crippen LogP contribution >= 0.6 is 0 Å². The van der Waals surface area contributed by atoms with Gasteiger partial charge in [0.25, 0.3) is 0 Å². The summed E-state index contributed by atoms with van der Waals surface area (Å²) < 4.78 is 0. The van der Waals surface area contributed by atoms with Crippen molar-refractivity contribution in [2.24, 2.45) is 22.7 Å². The highest BCUT2D eigenvalue weighted by atomic mass is 16.3. The van der Waals surface area contributed by atoms with Gasteiger partial charge in [-0.2, -0.15) is 0 Å². The van der Waals surface area contributed by atoms with Crippen molar-refractivity contribution in [1.82, 2.24) is 0 Å². The first-order valence-corrected chi connectivity index (χ1v) is 8.38. The molecule has 0 aromatic carbocycles. The maximum Gasteiger partial charge on any atom is 0.0594 e. The molecule has 0 amide bonds. The lowest BCUT2D eigenvalue weighted by Gasteiger charge is -2.59. The zero-order valence-electron chi connectivity index (χ0n) is 14.3. The number of aliphatic hydroxyl groups excluding tert-OH is 1. The highest BCUT2D eigenvalue weighted by Gasteiger charge is 2.55. The minimum absolute atomic E-state index is 0.0170. The van der Waals surface area contributed by atoms with Crippen molar-refractivity contribution in [3.8, 4) is 0 Å². The first-order valence-electron chi connectivity index (χ1n) is 8.38. The van der Waals surface area contributed by atoms with E-state index >= 15 is 0 Å². The number of hydrogen-bond donors (Lipinski definition) is 1. The van der Waals surface area contributed by atoms with Crippen molar-refractivity contribution in [3.05, 3.63) is 36.5 Å². The molecule has 0 unspecified atom stereocenters. The Kier molecular flexibility index (Phi) is 4.54. The fourth-order valence-electron chi connectivity index (χ4n) is 4.99. The SMILES string of the molecule is C=C/C(C)=C\C[C@H]1C(=C)CC[C@H]2C(C)(C)[C@H](O)CC[C@]12C. The van der Waals surface area contributed by atoms with Crippen molar-refractivity contribution in [3.63, 3.8) is 0 Å². The fourth-order valence-corrected chi connectivity index (χ4v) is 4.99. The van der Waals surface area contributed by atoms with Gasteiger partial charge in [0, 0.05) is 0 Å². The van der Waals surface area contributed by atoms with Gasteiger partial charge in [0.05, 0.1) is 6.10 Å². The largest absolute Gasteiger partial charge is 0.393 e. The van der Waals surface area contributed by atoms with Crippen LogP contribution in [-0.2, 0) is 0 Å². The average Bonchev–Trinajstić information content (AvgIpc) is 2.42. The summed E-state index contributed by atoms with van der Waals surface area (Å²) in [5.41, 5.74) is 2.96. The van der Waals surface area contributed by atoms with Crippen molar-refractivity contribution < 1.29 is 5.11 Å². The molecule has 2 saturated carbocycles. The zero-order chi connectivity index (χ0) is 15.8. The van der Waals surface area contributed by atoms with E-state index in [0.717, 1.165) is 25.7 Å². The van der Waals surface area contributed by atoms with Gasteiger partial charge in [0.2, 0.25) is 0 Å². The van der Waals surface area contributed by atoms with Gasteiger partial charge in [-0.15, -0.1) is 0 Å². The van der Waals surface area contributed by atoms with Gasteiger partial charge >= 0.3 is 0 Å². The quantitative estimate of drug-likeness (QED) is 0.553. The zero-order valence-corrected chi connectivity index (χ0v) is 14.3. The van der Waals surface area contributed by atoms with Gasteiger partial charge in [-0.25, -0.2) is 0 Å². The van der Waals surface area contributed by atoms with Crippen LogP contribution in [0.1, 0.15) is 59.8 Å². The lowest BCUT2D eigenvalue weighted by atomic mass is 9.46. The number of fused-ring (bicyclic) bond motifs is 1. The molecule has 0 bridgehead atoms. The van der Waals surface area contributed by atoms with Gasteiger partial charge < -0.3 is 5.11 Å². The van der Waals surface area contributed by atoms with Crippen molar-refractivity contribution in [2.75, 3.05) is 0 Å². The molecule has 2 aliphatic carbocycles. The van der Waals surface area contributed by atoms with Gasteiger partial charge in [0.1, 0.15) is 0 Å². The molecular formula is C20H32O. The summed E-state index contributed by atoms with van der Waals surface area (Å²) in [7, 11) is 0. The molecule has 2 rings (SSSR count). The van der Waals surface area contributed by atoms with Crippen LogP contribution in [0.15, 0.2) is 36.5 Å². The van der Waals surface area contributed by atoms with E-state index < -0.39 is 0 Å². The molecule has 0 aliphatic heterocycles. The lowest BCUT2D eigenvalue weighted by Crippen LogP contribution is -2.54. The predicted molar refractivity (Wildman–Crippen MR) is 91.1 cm³/mol. The van der Waals surface area contributed by atoms with E-state index in [1.807, 2.05) is 6.08 Å². The Hall–Kier alpha value is -0.820. The minimum atomic E-state index is -0.159. The van der Waals surface area contributed by atoms with E-state index in [2.05, 4.69) is 46.9 Å². The summed E-state index contributed by atoms with van der Waals surface area (Å²) in [5, 5.41) is 10.5. The van der Waals surface area contributed by atoms with E-state index in [9.17, 15) is 5.11 Å². The molecule has 1 nitrogen and oxygen atoms in total. The Morgan fingerprint density at radius 2 is 2.00 bits per heavy atom. The molecule has 21 heavy (non-hydrogen) atoms. The van der Waals surface area contributed by atoms with Crippen LogP contribution in [0.3, 0.4) is 0 Å². The summed E-state index contributed by atoms with van der Waals surface area (Å²) in [5.74, 6) is 1.12. The Labute approximate surface area is 130 Å². The Balaban J connectivity index is 2.32. The van der Waals surface area contributed by atoms with Crippen LogP contribution in [0.2, 0.25) is 0 Å². The standard InChI is InChI=1S/C20H32O/c1-7-14(2)8-10-16-15(3)9-11-17-19(4,5)18(21)12-13-20(16,17)6/h7-8,16-18,21H,1,3,9-13H2,2,4-6H3/b14-8-/t16-,17-,18+,20+/m0/s1. The molecule has 0 aromatic heterocycles. The van der Waals surface area contributed by atoms with E-state index in [1.54, 1.807) is 0 Å². The fraction of sp³-hybridized carbons (Fsp3) is 0.700. The van der Waals surface area contributed by atoms with Crippen LogP contribution in [0.4, 0.5) is 0 Å². The Bertz CT molecular complexity index is 456. The second kappa shape index (κ2) is 5.76. The number of rotatable bonds is 3. The molecule has 0 radical (unpaired) electrons. The number of aliphatic hydroxyl groups is 1. The normalized spacial score (nSPS) is 39.8. The number of hydrogen-bond acceptors (Lipinski definition) is 1. The van der Waals surface area contributed by atoms with Crippen LogP contribution in [0.25, 0.3) is 0 Å². The average molecular weight is 288 g/mol. The van der Waals surface area contributed by atoms with E-state index in [1.165, 1.54) is 17.6 Å². The molecule has 2 fully saturated rings. The molecule has 0 spiro atoms. The summed E-state index contributed by atoms with van der Waals surface area (Å²) in [6, 6.07) is 0. The van der Waals surface area contributed by atoms with E-state index in [4.69, 9.17) is 0 Å². The molecular weight excluding hydrogens is 256 g/mol. The predicted octanol–water partition coefficient (Wildman–Crippen LogP) is 5.28. The third-order valence-electron chi connectivity index (χ3n) is 6.55. The van der Waals surface area contributed by atoms with E-state index in [0.29, 0.717) is 11.8 Å². The monoisotopic (exact) mass is 288 g/mol. The second-order valence-electron chi connectivity index (χ2n) is 8.07. The van der Waals surface area contributed by atoms with E-state index in [-0.39, 0.29) is 16.9 Å². The summed E-state index contributed by atoms with van der Waals surface area (Å²) in [6.45, 7) is 17.3. The first kappa shape index (κ1) is 16.5. The van der Waals surface area contributed by atoms with Crippen molar-refractivity contribution in [2.45, 2.75) is 65.9 Å². The lowest BCUT2D eigenvalue weighted by molar-refractivity contribution is -0.123. The third-order valence-corrected chi connectivity index (χ3v) is 6.55. The molecule has 4 atom stereocenters. The Morgan fingerprint density at radius 3 is 2.62 bits per heavy atom. The molecule has 0 heterocycles. The van der Waals surface area contributed by atoms with Crippen LogP contribution in [0.5, 0.6) is 0 Å². The first-order chi connectivity index (χ1) is 9.73. The smallest absolute Gasteiger partial charge is 0.0594 e. The molecule has 1 N–H and O–H groups in total. The topological polar surface area (TPSA) is 20.2 Å². The van der Waals surface area contributed by atoms with Gasteiger partial charge in [-0.05, 0) is 61.7 Å². The molecule has 118 valence electrons. The third kappa shape index (κ3) is 2.77. The van der Waals surface area contributed by atoms with Gasteiger partial charge in [-0.3, -0.25) is 0 Å². The summed E-state index contributed by atoms with van der Waals surface area (Å²) in [4.78, 5) is 0. The van der Waals surface area contributed by atoms with Crippen LogP contribution in [0, 0.1) is 22.7 Å². The molecule has 2 aliphatic rings. The van der Waals surface area contributed by atoms with Crippen LogP contribution < -0.4 is 0 Å². The van der Waals surface area contributed by atoms with Crippen molar-refractivity contribution >= 4 is 0 Å². The molecule has 0 saturated heterocycles. The summed E-state index contributed by atoms with van der Waals surface area (Å²) >= 11 is 0. The van der Waals surface area contributed by atoms with Gasteiger partial charge in [0.15, 0.2) is 0 Å². The van der Waals surface area contributed by atoms with Crippen LogP contribution in [-0.4, -0.2) is 11.2 Å². The van der Waals surface area contributed by atoms with Gasteiger partial charge in [-0.1, -0.05) is 57.2 Å². The molecule has 0 aromatic rings. The summed E-state index contributed by atoms with van der Waals surface area (Å²) in [6.07, 6.45) is 9.49. The highest BCUT2D eigenvalue weighted by Crippen LogP contribution is 2.61. The highest BCUT2D eigenvalue weighted by molar-refractivity contribution is 5.20. The molecule has 1 heteroatoms. The maximum absolute atomic E-state index is 10.5. The maximum atomic E-state index is 10.5.